The first kappa shape index (κ1) is 29.4. The summed E-state index contributed by atoms with van der Waals surface area (Å²) in [5, 5.41) is 3.35. The number of benzene rings is 1. The van der Waals surface area contributed by atoms with Gasteiger partial charge < -0.3 is 10.2 Å². The van der Waals surface area contributed by atoms with Crippen LogP contribution in [-0.4, -0.2) is 52.5 Å². The molecule has 2 aliphatic rings. The Morgan fingerprint density at radius 3 is 2.49 bits per heavy atom. The molecule has 37 heavy (non-hydrogen) atoms. The fourth-order valence-corrected chi connectivity index (χ4v) is 5.98. The van der Waals surface area contributed by atoms with Crippen LogP contribution < -0.4 is 5.32 Å². The summed E-state index contributed by atoms with van der Waals surface area (Å²) in [4.78, 5) is 19.2. The van der Waals surface area contributed by atoms with E-state index in [1.54, 1.807) is 18.2 Å². The van der Waals surface area contributed by atoms with Gasteiger partial charge in [-0.05, 0) is 68.9 Å². The summed E-state index contributed by atoms with van der Waals surface area (Å²) >= 11 is 0.854. The molecule has 11 heteroatoms. The van der Waals surface area contributed by atoms with Gasteiger partial charge in [-0.3, -0.25) is 9.20 Å². The van der Waals surface area contributed by atoms with Crippen molar-refractivity contribution in [2.75, 3.05) is 26.2 Å². The minimum Gasteiger partial charge on any atom is -0.351 e. The highest BCUT2D eigenvalue weighted by molar-refractivity contribution is 8.04. The second kappa shape index (κ2) is 12.6. The first-order valence-electron chi connectivity index (χ1n) is 11.9. The number of nitrogens with one attached hydrogen (secondary N) is 1. The number of hydrogen-bond acceptors (Lipinski definition) is 4. The van der Waals surface area contributed by atoms with Gasteiger partial charge in [0, 0.05) is 6.54 Å². The highest BCUT2D eigenvalue weighted by Gasteiger charge is 2.43. The lowest BCUT2D eigenvalue weighted by Crippen LogP contribution is -2.39. The Bertz CT molecular complexity index is 1240. The zero-order chi connectivity index (χ0) is 24.4. The van der Waals surface area contributed by atoms with Crippen LogP contribution in [0.15, 0.2) is 64.7 Å². The number of piperidine rings is 1. The predicted octanol–water partition coefficient (Wildman–Crippen LogP) is 6.02. The maximum Gasteiger partial charge on any atom is 0.419 e. The van der Waals surface area contributed by atoms with Crippen LogP contribution >= 0.6 is 36.6 Å². The van der Waals surface area contributed by atoms with Gasteiger partial charge in [0.1, 0.15) is 11.2 Å². The molecule has 1 fully saturated rings. The summed E-state index contributed by atoms with van der Waals surface area (Å²) in [7, 11) is 0. The number of likely N-dealkylation sites (tertiary alicyclic amines) is 1. The lowest BCUT2D eigenvalue weighted by Gasteiger charge is -2.32. The van der Waals surface area contributed by atoms with E-state index in [0.29, 0.717) is 17.2 Å². The number of pyridine rings is 1. The number of aryl methyl sites for hydroxylation is 1. The molecule has 3 aromatic rings. The maximum atomic E-state index is 14.0. The van der Waals surface area contributed by atoms with Crippen LogP contribution in [0.2, 0.25) is 0 Å². The molecule has 2 aliphatic heterocycles. The number of hydrogen-bond donors (Lipinski definition) is 1. The number of imidazole rings is 1. The smallest absolute Gasteiger partial charge is 0.351 e. The second-order valence-electron chi connectivity index (χ2n) is 9.09. The first-order chi connectivity index (χ1) is 16.9. The van der Waals surface area contributed by atoms with E-state index in [1.807, 2.05) is 6.07 Å². The average molecular weight is 574 g/mol. The van der Waals surface area contributed by atoms with Crippen LogP contribution in [0.3, 0.4) is 0 Å². The Morgan fingerprint density at radius 2 is 1.78 bits per heavy atom. The predicted molar refractivity (Wildman–Crippen MR) is 145 cm³/mol. The van der Waals surface area contributed by atoms with Crippen LogP contribution in [0.4, 0.5) is 13.2 Å². The van der Waals surface area contributed by atoms with Gasteiger partial charge in [-0.2, -0.15) is 13.2 Å². The zero-order valence-corrected chi connectivity index (χ0v) is 22.5. The van der Waals surface area contributed by atoms with Crippen LogP contribution in [-0.2, 0) is 11.2 Å². The molecule has 0 atom stereocenters. The third kappa shape index (κ3) is 6.63. The number of carbonyl (C=O) groups is 1. The van der Waals surface area contributed by atoms with Crippen molar-refractivity contribution in [3.8, 4) is 0 Å². The lowest BCUT2D eigenvalue weighted by atomic mass is 9.96. The molecule has 5 nitrogen and oxygen atoms in total. The van der Waals surface area contributed by atoms with Gasteiger partial charge in [-0.1, -0.05) is 48.2 Å². The number of carbonyl (C=O) groups excluding carboxylic acids is 1. The lowest BCUT2D eigenvalue weighted by molar-refractivity contribution is -0.117. The Hall–Kier alpha value is -2.20. The van der Waals surface area contributed by atoms with E-state index >= 15 is 0 Å². The Balaban J connectivity index is 0.00000190. The Labute approximate surface area is 230 Å². The normalized spacial score (nSPS) is 16.3. The van der Waals surface area contributed by atoms with Crippen molar-refractivity contribution in [2.45, 2.75) is 36.9 Å². The number of aromatic nitrogens is 2. The van der Waals surface area contributed by atoms with Gasteiger partial charge in [0.2, 0.25) is 0 Å². The van der Waals surface area contributed by atoms with Crippen LogP contribution in [0.25, 0.3) is 11.2 Å². The largest absolute Gasteiger partial charge is 0.419 e. The first-order valence-corrected chi connectivity index (χ1v) is 12.7. The summed E-state index contributed by atoms with van der Waals surface area (Å²) < 4.78 is 43.5. The van der Waals surface area contributed by atoms with Crippen molar-refractivity contribution in [1.29, 1.82) is 0 Å². The van der Waals surface area contributed by atoms with Crippen molar-refractivity contribution in [1.82, 2.24) is 19.6 Å². The molecule has 0 bridgehead atoms. The van der Waals surface area contributed by atoms with Gasteiger partial charge in [0.15, 0.2) is 0 Å². The molecule has 0 spiro atoms. The SMILES string of the molecule is Cl.Cl.O=C(NCC1CCN(CCCc2ccccc2)CC1)C1=C(C(F)(F)F)c2cnc3cccc(n23)S1. The molecular weight excluding hydrogens is 544 g/mol. The van der Waals surface area contributed by atoms with Crippen LogP contribution in [0, 0.1) is 5.92 Å². The number of thioether (sulfide) groups is 1. The van der Waals surface area contributed by atoms with E-state index < -0.39 is 17.7 Å². The molecule has 1 saturated heterocycles. The molecule has 4 heterocycles. The summed E-state index contributed by atoms with van der Waals surface area (Å²) in [5.74, 6) is -0.404. The molecule has 5 rings (SSSR count). The number of alkyl halides is 3. The van der Waals surface area contributed by atoms with Gasteiger partial charge >= 0.3 is 6.18 Å². The quantitative estimate of drug-likeness (QED) is 0.376. The van der Waals surface area contributed by atoms with Crippen molar-refractivity contribution in [3.05, 3.63) is 70.9 Å². The molecule has 2 aromatic heterocycles. The van der Waals surface area contributed by atoms with E-state index in [9.17, 15) is 18.0 Å². The average Bonchev–Trinajstić information content (AvgIpc) is 3.28. The van der Waals surface area contributed by atoms with Gasteiger partial charge in [-0.25, -0.2) is 4.98 Å². The molecule has 1 amide bonds. The Kier molecular flexibility index (Phi) is 9.97. The van der Waals surface area contributed by atoms with Gasteiger partial charge in [0.25, 0.3) is 5.91 Å². The number of amides is 1. The molecule has 1 N–H and O–H groups in total. The van der Waals surface area contributed by atoms with E-state index in [1.165, 1.54) is 16.2 Å². The number of rotatable bonds is 7. The van der Waals surface area contributed by atoms with Gasteiger partial charge in [0.05, 0.1) is 21.8 Å². The zero-order valence-electron chi connectivity index (χ0n) is 20.0. The highest BCUT2D eigenvalue weighted by Crippen LogP contribution is 2.46. The standard InChI is InChI=1S/C26H27F3N4OS.2ClH/c27-26(28,29)23-20-17-30-21-9-4-10-22(33(20)21)35-24(23)25(34)31-16-19-11-14-32(15-12-19)13-5-8-18-6-2-1-3-7-18;;/h1-4,6-7,9-10,17,19H,5,8,11-16H2,(H,31,34);2*1H. The number of halogens is 5. The molecular formula is C26H29Cl2F3N4OS. The monoisotopic (exact) mass is 572 g/mol. The highest BCUT2D eigenvalue weighted by atomic mass is 35.5. The van der Waals surface area contributed by atoms with Crippen molar-refractivity contribution in [3.63, 3.8) is 0 Å². The Morgan fingerprint density at radius 1 is 1.05 bits per heavy atom. The number of nitrogens with zero attached hydrogens (tertiary/aromatic N) is 3. The molecule has 1 aromatic carbocycles. The second-order valence-corrected chi connectivity index (χ2v) is 10.1. The van der Waals surface area contributed by atoms with E-state index in [-0.39, 0.29) is 41.3 Å². The summed E-state index contributed by atoms with van der Waals surface area (Å²) in [5.41, 5.74) is 0.773. The van der Waals surface area contributed by atoms with Crippen LogP contribution in [0.5, 0.6) is 0 Å². The van der Waals surface area contributed by atoms with E-state index in [0.717, 1.165) is 57.1 Å². The van der Waals surface area contributed by atoms with E-state index in [4.69, 9.17) is 0 Å². The molecule has 0 radical (unpaired) electrons. The number of allylic oxidation sites excluding steroid dienone is 1. The van der Waals surface area contributed by atoms with Crippen LogP contribution in [0.1, 0.15) is 30.5 Å². The summed E-state index contributed by atoms with van der Waals surface area (Å²) in [6.45, 7) is 3.31. The minimum atomic E-state index is -4.66. The molecule has 0 unspecified atom stereocenters. The van der Waals surface area contributed by atoms with Crippen molar-refractivity contribution in [2.24, 2.45) is 5.92 Å². The van der Waals surface area contributed by atoms with Crippen molar-refractivity contribution < 1.29 is 18.0 Å². The summed E-state index contributed by atoms with van der Waals surface area (Å²) in [6, 6.07) is 15.5. The fourth-order valence-electron chi connectivity index (χ4n) is 4.85. The third-order valence-electron chi connectivity index (χ3n) is 6.71. The third-order valence-corrected chi connectivity index (χ3v) is 7.84. The minimum absolute atomic E-state index is 0. The maximum absolute atomic E-state index is 14.0. The van der Waals surface area contributed by atoms with E-state index in [2.05, 4.69) is 39.5 Å². The van der Waals surface area contributed by atoms with Gasteiger partial charge in [-0.15, -0.1) is 24.8 Å². The fraction of sp³-hybridized carbons (Fsp3) is 0.385. The molecule has 0 saturated carbocycles. The molecule has 0 aliphatic carbocycles. The molecule has 200 valence electrons. The topological polar surface area (TPSA) is 49.6 Å². The summed E-state index contributed by atoms with van der Waals surface area (Å²) in [6.07, 6.45) is 0.542. The van der Waals surface area contributed by atoms with Crippen molar-refractivity contribution >= 4 is 53.7 Å².